The quantitative estimate of drug-likeness (QED) is 0.852. The molecule has 1 aliphatic rings. The molecule has 4 nitrogen and oxygen atoms in total. The molecule has 0 saturated carbocycles. The number of anilines is 1. The number of carbonyl (C=O) groups is 1. The third kappa shape index (κ3) is 3.45. The van der Waals surface area contributed by atoms with E-state index in [2.05, 4.69) is 23.1 Å². The van der Waals surface area contributed by atoms with E-state index in [1.807, 2.05) is 29.2 Å². The Kier molecular flexibility index (Phi) is 4.89. The van der Waals surface area contributed by atoms with Crippen LogP contribution in [0.1, 0.15) is 18.9 Å². The Labute approximate surface area is 120 Å². The molecule has 0 spiro atoms. The van der Waals surface area contributed by atoms with Crippen LogP contribution >= 0.6 is 0 Å². The van der Waals surface area contributed by atoms with Crippen molar-refractivity contribution in [2.75, 3.05) is 37.6 Å². The average Bonchev–Trinajstić information content (AvgIpc) is 2.53. The molecule has 1 fully saturated rings. The molecule has 1 N–H and O–H groups in total. The molecule has 106 valence electrons. The summed E-state index contributed by atoms with van der Waals surface area (Å²) in [6.07, 6.45) is 6.32. The highest BCUT2D eigenvalue weighted by Crippen LogP contribution is 2.17. The molecule has 1 aliphatic heterocycles. The number of piperazine rings is 1. The van der Waals surface area contributed by atoms with E-state index in [0.29, 0.717) is 0 Å². The lowest BCUT2D eigenvalue weighted by molar-refractivity contribution is 0.194. The predicted molar refractivity (Wildman–Crippen MR) is 81.9 cm³/mol. The monoisotopic (exact) mass is 271 g/mol. The average molecular weight is 271 g/mol. The van der Waals surface area contributed by atoms with Crippen molar-refractivity contribution in [1.29, 1.82) is 0 Å². The molecule has 0 bridgehead atoms. The van der Waals surface area contributed by atoms with E-state index in [9.17, 15) is 4.79 Å². The van der Waals surface area contributed by atoms with E-state index >= 15 is 0 Å². The number of benzene rings is 1. The zero-order valence-electron chi connectivity index (χ0n) is 11.9. The van der Waals surface area contributed by atoms with Crippen LogP contribution in [-0.4, -0.2) is 43.7 Å². The molecular weight excluding hydrogens is 250 g/mol. The molecule has 2 rings (SSSR count). The fourth-order valence-electron chi connectivity index (χ4n) is 2.28. The first kappa shape index (κ1) is 14.3. The standard InChI is InChI=1S/C16H21N3O/c1-3-9-17-16(20)19-12-10-18(11-13-19)15-7-5-14(4-2)6-8-15/h2,5-8H,3,9-13H2,1H3,(H,17,20). The molecule has 20 heavy (non-hydrogen) atoms. The van der Waals surface area contributed by atoms with Crippen molar-refractivity contribution in [3.05, 3.63) is 29.8 Å². The minimum absolute atomic E-state index is 0.0502. The van der Waals surface area contributed by atoms with E-state index in [1.54, 1.807) is 0 Å². The van der Waals surface area contributed by atoms with Crippen LogP contribution < -0.4 is 10.2 Å². The van der Waals surface area contributed by atoms with Gasteiger partial charge in [0, 0.05) is 44.0 Å². The van der Waals surface area contributed by atoms with Crippen LogP contribution in [0, 0.1) is 12.3 Å². The van der Waals surface area contributed by atoms with Crippen molar-refractivity contribution in [3.8, 4) is 12.3 Å². The zero-order chi connectivity index (χ0) is 14.4. The Balaban J connectivity index is 1.87. The number of nitrogens with one attached hydrogen (secondary N) is 1. The van der Waals surface area contributed by atoms with Gasteiger partial charge >= 0.3 is 6.03 Å². The maximum absolute atomic E-state index is 11.9. The number of terminal acetylenes is 1. The van der Waals surface area contributed by atoms with Gasteiger partial charge in [-0.2, -0.15) is 0 Å². The van der Waals surface area contributed by atoms with Gasteiger partial charge in [-0.15, -0.1) is 6.42 Å². The van der Waals surface area contributed by atoms with Gasteiger partial charge < -0.3 is 15.1 Å². The summed E-state index contributed by atoms with van der Waals surface area (Å²) in [5, 5.41) is 2.92. The highest BCUT2D eigenvalue weighted by atomic mass is 16.2. The van der Waals surface area contributed by atoms with Crippen molar-refractivity contribution >= 4 is 11.7 Å². The summed E-state index contributed by atoms with van der Waals surface area (Å²) in [6, 6.07) is 8.05. The van der Waals surface area contributed by atoms with Gasteiger partial charge in [0.05, 0.1) is 0 Å². The molecule has 1 aromatic rings. The van der Waals surface area contributed by atoms with Crippen LogP contribution in [0.5, 0.6) is 0 Å². The third-order valence-electron chi connectivity index (χ3n) is 3.49. The predicted octanol–water partition coefficient (Wildman–Crippen LogP) is 1.91. The van der Waals surface area contributed by atoms with Gasteiger partial charge in [-0.05, 0) is 30.7 Å². The van der Waals surface area contributed by atoms with Gasteiger partial charge in [0.25, 0.3) is 0 Å². The lowest BCUT2D eigenvalue weighted by Gasteiger charge is -2.36. The Morgan fingerprint density at radius 1 is 1.25 bits per heavy atom. The minimum Gasteiger partial charge on any atom is -0.368 e. The molecule has 0 radical (unpaired) electrons. The molecule has 0 aliphatic carbocycles. The van der Waals surface area contributed by atoms with Crippen LogP contribution in [0.4, 0.5) is 10.5 Å². The maximum Gasteiger partial charge on any atom is 0.317 e. The molecule has 2 amide bonds. The minimum atomic E-state index is 0.0502. The molecular formula is C16H21N3O. The maximum atomic E-state index is 11.9. The number of amides is 2. The van der Waals surface area contributed by atoms with E-state index in [0.717, 1.165) is 50.4 Å². The number of hydrogen-bond donors (Lipinski definition) is 1. The molecule has 0 atom stereocenters. The summed E-state index contributed by atoms with van der Waals surface area (Å²) in [6.45, 7) is 6.02. The smallest absolute Gasteiger partial charge is 0.317 e. The highest BCUT2D eigenvalue weighted by Gasteiger charge is 2.20. The first-order chi connectivity index (χ1) is 9.74. The third-order valence-corrected chi connectivity index (χ3v) is 3.49. The fourth-order valence-corrected chi connectivity index (χ4v) is 2.28. The largest absolute Gasteiger partial charge is 0.368 e. The van der Waals surface area contributed by atoms with Crippen LogP contribution in [-0.2, 0) is 0 Å². The Morgan fingerprint density at radius 2 is 1.90 bits per heavy atom. The van der Waals surface area contributed by atoms with E-state index in [1.165, 1.54) is 0 Å². The van der Waals surface area contributed by atoms with E-state index < -0.39 is 0 Å². The van der Waals surface area contributed by atoms with Gasteiger partial charge in [0.1, 0.15) is 0 Å². The Morgan fingerprint density at radius 3 is 2.45 bits per heavy atom. The fraction of sp³-hybridized carbons (Fsp3) is 0.438. The lowest BCUT2D eigenvalue weighted by Crippen LogP contribution is -2.52. The number of carbonyl (C=O) groups excluding carboxylic acids is 1. The lowest BCUT2D eigenvalue weighted by atomic mass is 10.2. The molecule has 0 unspecified atom stereocenters. The van der Waals surface area contributed by atoms with E-state index in [-0.39, 0.29) is 6.03 Å². The summed E-state index contributed by atoms with van der Waals surface area (Å²) in [4.78, 5) is 16.0. The second-order valence-electron chi connectivity index (χ2n) is 4.90. The summed E-state index contributed by atoms with van der Waals surface area (Å²) in [7, 11) is 0. The molecule has 4 heteroatoms. The van der Waals surface area contributed by atoms with Crippen molar-refractivity contribution < 1.29 is 4.79 Å². The van der Waals surface area contributed by atoms with Crippen molar-refractivity contribution in [2.45, 2.75) is 13.3 Å². The van der Waals surface area contributed by atoms with E-state index in [4.69, 9.17) is 6.42 Å². The molecule has 0 aromatic heterocycles. The Bertz CT molecular complexity index is 481. The summed E-state index contributed by atoms with van der Waals surface area (Å²) >= 11 is 0. The number of urea groups is 1. The van der Waals surface area contributed by atoms with Crippen LogP contribution in [0.3, 0.4) is 0 Å². The SMILES string of the molecule is C#Cc1ccc(N2CCN(C(=O)NCCC)CC2)cc1. The Hall–Kier alpha value is -2.15. The van der Waals surface area contributed by atoms with Gasteiger partial charge in [-0.25, -0.2) is 4.79 Å². The van der Waals surface area contributed by atoms with Crippen LogP contribution in [0.2, 0.25) is 0 Å². The van der Waals surface area contributed by atoms with Gasteiger partial charge in [0.15, 0.2) is 0 Å². The van der Waals surface area contributed by atoms with Crippen molar-refractivity contribution in [3.63, 3.8) is 0 Å². The van der Waals surface area contributed by atoms with Crippen molar-refractivity contribution in [2.24, 2.45) is 0 Å². The summed E-state index contributed by atoms with van der Waals surface area (Å²) < 4.78 is 0. The van der Waals surface area contributed by atoms with Gasteiger partial charge in [-0.1, -0.05) is 12.8 Å². The highest BCUT2D eigenvalue weighted by molar-refractivity contribution is 5.74. The summed E-state index contributed by atoms with van der Waals surface area (Å²) in [5.74, 6) is 2.62. The number of rotatable bonds is 3. The van der Waals surface area contributed by atoms with Gasteiger partial charge in [-0.3, -0.25) is 0 Å². The number of nitrogens with zero attached hydrogens (tertiary/aromatic N) is 2. The molecule has 1 aromatic carbocycles. The first-order valence-corrected chi connectivity index (χ1v) is 7.09. The van der Waals surface area contributed by atoms with Crippen molar-refractivity contribution in [1.82, 2.24) is 10.2 Å². The second-order valence-corrected chi connectivity index (χ2v) is 4.90. The second kappa shape index (κ2) is 6.85. The topological polar surface area (TPSA) is 35.6 Å². The normalized spacial score (nSPS) is 14.8. The van der Waals surface area contributed by atoms with Gasteiger partial charge in [0.2, 0.25) is 0 Å². The molecule has 1 heterocycles. The summed E-state index contributed by atoms with van der Waals surface area (Å²) in [5.41, 5.74) is 2.06. The first-order valence-electron chi connectivity index (χ1n) is 7.09. The zero-order valence-corrected chi connectivity index (χ0v) is 11.9. The number of hydrogen-bond acceptors (Lipinski definition) is 2. The van der Waals surface area contributed by atoms with Crippen LogP contribution in [0.15, 0.2) is 24.3 Å². The van der Waals surface area contributed by atoms with Crippen LogP contribution in [0.25, 0.3) is 0 Å². The molecule has 1 saturated heterocycles.